The Labute approximate surface area is 257 Å². The molecule has 0 N–H and O–H groups in total. The predicted molar refractivity (Wildman–Crippen MR) is 156 cm³/mol. The number of carbonyl (C=O) groups excluding carboxylic acids is 3. The van der Waals surface area contributed by atoms with Crippen molar-refractivity contribution in [3.63, 3.8) is 0 Å². The van der Waals surface area contributed by atoms with Gasteiger partial charge in [0.15, 0.2) is 0 Å². The zero-order valence-electron chi connectivity index (χ0n) is 21.2. The smallest absolute Gasteiger partial charge is 0.550 e. The second-order valence-electron chi connectivity index (χ2n) is 8.84. The van der Waals surface area contributed by atoms with E-state index in [1.165, 1.54) is 55.8 Å². The summed E-state index contributed by atoms with van der Waals surface area (Å²) in [5, 5.41) is 32.5. The van der Waals surface area contributed by atoms with Crippen LogP contribution in [-0.2, 0) is 31.5 Å². The first kappa shape index (κ1) is 38.0. The number of carbonyl (C=O) groups is 3. The van der Waals surface area contributed by atoms with Crippen molar-refractivity contribution in [1.82, 2.24) is 0 Å². The van der Waals surface area contributed by atoms with E-state index >= 15 is 0 Å². The first-order chi connectivity index (χ1) is 17.4. The maximum Gasteiger partial charge on any atom is 3.00 e. The molecule has 0 spiro atoms. The Balaban J connectivity index is 0.000000518. The molecule has 13 heteroatoms. The predicted octanol–water partition coefficient (Wildman–Crippen LogP) is 4.35. The van der Waals surface area contributed by atoms with E-state index in [0.717, 1.165) is 54.3 Å². The summed E-state index contributed by atoms with van der Waals surface area (Å²) in [5.74, 6) is 1.04. The van der Waals surface area contributed by atoms with Gasteiger partial charge in [0.25, 0.3) is 0 Å². The van der Waals surface area contributed by atoms with Crippen molar-refractivity contribution in [2.45, 2.75) is 112 Å². The molecule has 0 aromatic carbocycles. The van der Waals surface area contributed by atoms with E-state index in [0.29, 0.717) is 0 Å². The van der Waals surface area contributed by atoms with Crippen LogP contribution in [0.5, 0.6) is 0 Å². The van der Waals surface area contributed by atoms with Gasteiger partial charge in [0.2, 0.25) is 0 Å². The van der Waals surface area contributed by atoms with Gasteiger partial charge in [-0.2, -0.15) is 0 Å². The largest absolute Gasteiger partial charge is 3.00 e. The average Bonchev–Trinajstić information content (AvgIpc) is 3.62. The maximum atomic E-state index is 10.1. The van der Waals surface area contributed by atoms with E-state index in [9.17, 15) is 29.7 Å². The fourth-order valence-corrected chi connectivity index (χ4v) is 12.7. The van der Waals surface area contributed by atoms with E-state index in [1.807, 2.05) is 64.8 Å². The summed E-state index contributed by atoms with van der Waals surface area (Å²) in [6.07, 6.45) is 13.5. The molecular weight excluding hydrogens is 633 g/mol. The van der Waals surface area contributed by atoms with Gasteiger partial charge in [-0.25, -0.2) is 0 Å². The maximum absolute atomic E-state index is 10.1. The van der Waals surface area contributed by atoms with E-state index in [2.05, 4.69) is 0 Å². The third-order valence-electron chi connectivity index (χ3n) is 5.65. The normalized spacial score (nSPS) is 22.2. The Bertz CT molecular complexity index is 519. The number of carboxylic acids is 3. The molecule has 3 rings (SSSR count). The van der Waals surface area contributed by atoms with Crippen molar-refractivity contribution < 1.29 is 46.8 Å². The summed E-state index contributed by atoms with van der Waals surface area (Å²) in [6.45, 7) is 0. The molecular formula is C24H39FeO6S6. The van der Waals surface area contributed by atoms with Gasteiger partial charge in [-0.15, -0.1) is 0 Å². The molecule has 3 fully saturated rings. The van der Waals surface area contributed by atoms with E-state index in [1.54, 1.807) is 0 Å². The number of hydrogen-bond acceptors (Lipinski definition) is 12. The van der Waals surface area contributed by atoms with Crippen LogP contribution in [0.15, 0.2) is 0 Å². The summed E-state index contributed by atoms with van der Waals surface area (Å²) in [5.41, 5.74) is 0. The summed E-state index contributed by atoms with van der Waals surface area (Å²) in [4.78, 5) is 30.2. The van der Waals surface area contributed by atoms with Gasteiger partial charge < -0.3 is 29.7 Å². The van der Waals surface area contributed by atoms with Crippen molar-refractivity contribution in [2.75, 3.05) is 17.3 Å². The second-order valence-corrected chi connectivity index (χ2v) is 17.2. The molecule has 3 aliphatic heterocycles. The summed E-state index contributed by atoms with van der Waals surface area (Å²) in [6, 6.07) is 0. The molecule has 3 saturated heterocycles. The minimum atomic E-state index is -0.913. The minimum absolute atomic E-state index is 0. The molecule has 3 heterocycles. The van der Waals surface area contributed by atoms with Gasteiger partial charge >= 0.3 is 17.1 Å². The molecule has 0 aliphatic carbocycles. The van der Waals surface area contributed by atoms with Crippen molar-refractivity contribution in [3.8, 4) is 0 Å². The van der Waals surface area contributed by atoms with E-state index in [-0.39, 0.29) is 36.3 Å². The van der Waals surface area contributed by atoms with Gasteiger partial charge in [0.1, 0.15) is 0 Å². The molecule has 0 bridgehead atoms. The van der Waals surface area contributed by atoms with Gasteiger partial charge in [-0.3, -0.25) is 0 Å². The van der Waals surface area contributed by atoms with E-state index < -0.39 is 17.9 Å². The molecule has 0 aromatic rings. The number of rotatable bonds is 15. The first-order valence-electron chi connectivity index (χ1n) is 12.8. The SMILES string of the molecule is O=C([O-])CCCCC1CCSS1.O=C([O-])CCCCC1CCSS1.O=C([O-])CCCCC1CCSS1.[Fe+3]. The summed E-state index contributed by atoms with van der Waals surface area (Å²) in [7, 11) is 11.7. The Hall–Kier alpha value is 1.03. The third kappa shape index (κ3) is 24.5. The topological polar surface area (TPSA) is 120 Å². The molecule has 6 nitrogen and oxygen atoms in total. The molecule has 3 atom stereocenters. The van der Waals surface area contributed by atoms with Crippen LogP contribution in [0.2, 0.25) is 0 Å². The third-order valence-corrected chi connectivity index (χ3v) is 14.7. The van der Waals surface area contributed by atoms with Crippen LogP contribution in [0, 0.1) is 0 Å². The summed E-state index contributed by atoms with van der Waals surface area (Å²) >= 11 is 0. The van der Waals surface area contributed by atoms with Crippen molar-refractivity contribution >= 4 is 82.7 Å². The van der Waals surface area contributed by atoms with Crippen LogP contribution in [0.1, 0.15) is 96.3 Å². The Morgan fingerprint density at radius 1 is 0.514 bits per heavy atom. The molecule has 215 valence electrons. The molecule has 0 saturated carbocycles. The van der Waals surface area contributed by atoms with Crippen molar-refractivity contribution in [1.29, 1.82) is 0 Å². The van der Waals surface area contributed by atoms with Crippen LogP contribution in [0.25, 0.3) is 0 Å². The van der Waals surface area contributed by atoms with Crippen molar-refractivity contribution in [3.05, 3.63) is 0 Å². The summed E-state index contributed by atoms with van der Waals surface area (Å²) < 4.78 is 0. The van der Waals surface area contributed by atoms with Crippen LogP contribution in [-0.4, -0.2) is 50.9 Å². The van der Waals surface area contributed by atoms with Crippen LogP contribution < -0.4 is 15.3 Å². The Morgan fingerprint density at radius 3 is 0.973 bits per heavy atom. The quantitative estimate of drug-likeness (QED) is 0.140. The first-order valence-corrected chi connectivity index (χ1v) is 20.0. The van der Waals surface area contributed by atoms with Crippen molar-refractivity contribution in [2.24, 2.45) is 0 Å². The number of aliphatic carboxylic acids is 3. The molecule has 37 heavy (non-hydrogen) atoms. The number of unbranched alkanes of at least 4 members (excludes halogenated alkanes) is 3. The van der Waals surface area contributed by atoms with Crippen LogP contribution in [0.3, 0.4) is 0 Å². The fraction of sp³-hybridized carbons (Fsp3) is 0.875. The molecule has 3 aliphatic rings. The Morgan fingerprint density at radius 2 is 0.784 bits per heavy atom. The standard InChI is InChI=1S/3C8H14O2S2.Fe/c3*9-8(10)4-2-1-3-7-5-6-11-12-7;/h3*7H,1-6H2,(H,9,10);/q;;;+3/p-3. The van der Waals surface area contributed by atoms with E-state index in [4.69, 9.17) is 0 Å². The molecule has 1 radical (unpaired) electrons. The van der Waals surface area contributed by atoms with Crippen LogP contribution >= 0.6 is 64.8 Å². The fourth-order valence-electron chi connectivity index (χ4n) is 3.62. The van der Waals surface area contributed by atoms with Gasteiger partial charge in [0.05, 0.1) is 0 Å². The average molecular weight is 672 g/mol. The second kappa shape index (κ2) is 26.0. The molecule has 0 aromatic heterocycles. The zero-order chi connectivity index (χ0) is 26.4. The molecule has 3 unspecified atom stereocenters. The van der Waals surface area contributed by atoms with Crippen LogP contribution in [0.4, 0.5) is 0 Å². The monoisotopic (exact) mass is 671 g/mol. The van der Waals surface area contributed by atoms with Gasteiger partial charge in [0, 0.05) is 50.9 Å². The Kier molecular flexibility index (Phi) is 26.7. The molecule has 0 amide bonds. The number of carboxylic acid groups (broad SMARTS) is 3. The minimum Gasteiger partial charge on any atom is -0.550 e. The zero-order valence-corrected chi connectivity index (χ0v) is 27.2. The van der Waals surface area contributed by atoms with Gasteiger partial charge in [-0.05, 0) is 77.0 Å². The number of hydrogen-bond donors (Lipinski definition) is 0. The van der Waals surface area contributed by atoms with Gasteiger partial charge in [-0.1, -0.05) is 84.0 Å².